The molecule has 1 unspecified atom stereocenters. The predicted molar refractivity (Wildman–Crippen MR) is 88.2 cm³/mol. The summed E-state index contributed by atoms with van der Waals surface area (Å²) in [6, 6.07) is 0. The minimum absolute atomic E-state index is 0.554. The summed E-state index contributed by atoms with van der Waals surface area (Å²) >= 11 is 0. The van der Waals surface area contributed by atoms with E-state index in [1.54, 1.807) is 0 Å². The maximum Gasteiger partial charge on any atom is 0.0598 e. The van der Waals surface area contributed by atoms with E-state index in [0.717, 1.165) is 31.7 Å². The Morgan fingerprint density at radius 3 is 1.65 bits per heavy atom. The van der Waals surface area contributed by atoms with Crippen molar-refractivity contribution >= 4 is 0 Å². The molecule has 1 atom stereocenters. The third-order valence-electron chi connectivity index (χ3n) is 4.17. The van der Waals surface area contributed by atoms with Gasteiger partial charge in [-0.2, -0.15) is 0 Å². The van der Waals surface area contributed by atoms with Gasteiger partial charge in [0.25, 0.3) is 0 Å². The largest absolute Gasteiger partial charge is 0.381 e. The molecule has 2 heteroatoms. The van der Waals surface area contributed by atoms with Gasteiger partial charge in [-0.15, -0.1) is 0 Å². The van der Waals surface area contributed by atoms with Crippen molar-refractivity contribution in [1.29, 1.82) is 0 Å². The Labute approximate surface area is 127 Å². The fourth-order valence-electron chi connectivity index (χ4n) is 2.67. The molecular formula is C18H38O2. The van der Waals surface area contributed by atoms with E-state index >= 15 is 0 Å². The normalized spacial score (nSPS) is 23.7. The quantitative estimate of drug-likeness (QED) is 0.685. The van der Waals surface area contributed by atoms with Crippen LogP contribution in [0.1, 0.15) is 73.6 Å². The maximum absolute atomic E-state index is 5.54. The van der Waals surface area contributed by atoms with Crippen molar-refractivity contribution in [2.45, 2.75) is 79.8 Å². The molecule has 20 heavy (non-hydrogen) atoms. The molecule has 2 fully saturated rings. The van der Waals surface area contributed by atoms with Gasteiger partial charge in [-0.25, -0.2) is 0 Å². The molecule has 0 aromatic heterocycles. The molecule has 0 aromatic rings. The van der Waals surface area contributed by atoms with E-state index in [2.05, 4.69) is 27.7 Å². The molecule has 0 bridgehead atoms. The summed E-state index contributed by atoms with van der Waals surface area (Å²) in [7, 11) is 0. The van der Waals surface area contributed by atoms with Gasteiger partial charge in [-0.3, -0.25) is 0 Å². The minimum atomic E-state index is 0.554. The highest BCUT2D eigenvalue weighted by Crippen LogP contribution is 2.22. The van der Waals surface area contributed by atoms with E-state index < -0.39 is 0 Å². The molecule has 0 spiro atoms. The first-order chi connectivity index (χ1) is 9.61. The van der Waals surface area contributed by atoms with Crippen LogP contribution in [0.4, 0.5) is 0 Å². The zero-order valence-corrected chi connectivity index (χ0v) is 14.8. The van der Waals surface area contributed by atoms with Crippen LogP contribution in [0.15, 0.2) is 0 Å². The molecule has 2 aliphatic rings. The van der Waals surface area contributed by atoms with Crippen LogP contribution in [0.3, 0.4) is 0 Å². The van der Waals surface area contributed by atoms with Crippen molar-refractivity contribution in [2.75, 3.05) is 19.8 Å². The molecule has 2 saturated heterocycles. The SMILES string of the molecule is CC.CC(C)C1CCCCO1.CC(C)C1CCOCC1. The van der Waals surface area contributed by atoms with Crippen molar-refractivity contribution in [1.82, 2.24) is 0 Å². The first kappa shape index (κ1) is 19.9. The molecule has 0 saturated carbocycles. The fourth-order valence-corrected chi connectivity index (χ4v) is 2.67. The van der Waals surface area contributed by atoms with E-state index in [0.29, 0.717) is 12.0 Å². The highest BCUT2D eigenvalue weighted by Gasteiger charge is 2.16. The lowest BCUT2D eigenvalue weighted by molar-refractivity contribution is -0.0115. The van der Waals surface area contributed by atoms with Gasteiger partial charge in [0.1, 0.15) is 0 Å². The van der Waals surface area contributed by atoms with Gasteiger partial charge in [-0.1, -0.05) is 41.5 Å². The van der Waals surface area contributed by atoms with Crippen LogP contribution in [-0.2, 0) is 9.47 Å². The summed E-state index contributed by atoms with van der Waals surface area (Å²) in [5.74, 6) is 2.50. The van der Waals surface area contributed by atoms with Crippen LogP contribution in [0.25, 0.3) is 0 Å². The van der Waals surface area contributed by atoms with Gasteiger partial charge in [0.05, 0.1) is 6.10 Å². The second-order valence-corrected chi connectivity index (χ2v) is 6.34. The molecule has 0 aromatic carbocycles. The topological polar surface area (TPSA) is 18.5 Å². The number of hydrogen-bond donors (Lipinski definition) is 0. The summed E-state index contributed by atoms with van der Waals surface area (Å²) in [6.07, 6.45) is 7.01. The summed E-state index contributed by atoms with van der Waals surface area (Å²) in [5, 5.41) is 0. The molecular weight excluding hydrogens is 248 g/mol. The number of ether oxygens (including phenoxy) is 2. The lowest BCUT2D eigenvalue weighted by Crippen LogP contribution is -2.24. The first-order valence-corrected chi connectivity index (χ1v) is 8.80. The smallest absolute Gasteiger partial charge is 0.0598 e. The molecule has 0 N–H and O–H groups in total. The molecule has 0 radical (unpaired) electrons. The average molecular weight is 287 g/mol. The Balaban J connectivity index is 0.000000321. The number of hydrogen-bond acceptors (Lipinski definition) is 2. The van der Waals surface area contributed by atoms with Crippen molar-refractivity contribution in [3.8, 4) is 0 Å². The third-order valence-corrected chi connectivity index (χ3v) is 4.17. The van der Waals surface area contributed by atoms with Crippen LogP contribution in [0.5, 0.6) is 0 Å². The van der Waals surface area contributed by atoms with Crippen LogP contribution in [0, 0.1) is 17.8 Å². The van der Waals surface area contributed by atoms with Crippen molar-refractivity contribution in [3.63, 3.8) is 0 Å². The molecule has 0 aliphatic carbocycles. The van der Waals surface area contributed by atoms with E-state index in [1.807, 2.05) is 13.8 Å². The van der Waals surface area contributed by atoms with E-state index in [9.17, 15) is 0 Å². The van der Waals surface area contributed by atoms with E-state index in [1.165, 1.54) is 32.1 Å². The third kappa shape index (κ3) is 8.97. The summed E-state index contributed by atoms with van der Waals surface area (Å²) in [5.41, 5.74) is 0. The predicted octanol–water partition coefficient (Wildman–Crippen LogP) is 5.31. The summed E-state index contributed by atoms with van der Waals surface area (Å²) in [4.78, 5) is 0. The minimum Gasteiger partial charge on any atom is -0.381 e. The van der Waals surface area contributed by atoms with Crippen molar-refractivity contribution in [2.24, 2.45) is 17.8 Å². The summed E-state index contributed by atoms with van der Waals surface area (Å²) in [6.45, 7) is 16.0. The Morgan fingerprint density at radius 2 is 1.35 bits per heavy atom. The molecule has 2 heterocycles. The summed E-state index contributed by atoms with van der Waals surface area (Å²) < 4.78 is 10.8. The Bertz CT molecular complexity index is 168. The van der Waals surface area contributed by atoms with E-state index in [-0.39, 0.29) is 0 Å². The zero-order valence-electron chi connectivity index (χ0n) is 14.8. The van der Waals surface area contributed by atoms with Crippen LogP contribution in [0.2, 0.25) is 0 Å². The average Bonchev–Trinajstić information content (AvgIpc) is 2.51. The van der Waals surface area contributed by atoms with Gasteiger partial charge < -0.3 is 9.47 Å². The Morgan fingerprint density at radius 1 is 0.750 bits per heavy atom. The van der Waals surface area contributed by atoms with Crippen LogP contribution >= 0.6 is 0 Å². The lowest BCUT2D eigenvalue weighted by atomic mass is 9.89. The van der Waals surface area contributed by atoms with Crippen LogP contribution < -0.4 is 0 Å². The molecule has 2 rings (SSSR count). The van der Waals surface area contributed by atoms with Gasteiger partial charge >= 0.3 is 0 Å². The highest BCUT2D eigenvalue weighted by molar-refractivity contribution is 4.66. The zero-order chi connectivity index (χ0) is 15.4. The van der Waals surface area contributed by atoms with Crippen molar-refractivity contribution < 1.29 is 9.47 Å². The molecule has 122 valence electrons. The van der Waals surface area contributed by atoms with Crippen LogP contribution in [-0.4, -0.2) is 25.9 Å². The number of rotatable bonds is 2. The maximum atomic E-state index is 5.54. The Kier molecular flexibility index (Phi) is 12.6. The van der Waals surface area contributed by atoms with Crippen molar-refractivity contribution in [3.05, 3.63) is 0 Å². The lowest BCUT2D eigenvalue weighted by Gasteiger charge is -2.25. The van der Waals surface area contributed by atoms with Gasteiger partial charge in [0.2, 0.25) is 0 Å². The second kappa shape index (κ2) is 12.6. The first-order valence-electron chi connectivity index (χ1n) is 8.80. The van der Waals surface area contributed by atoms with E-state index in [4.69, 9.17) is 9.47 Å². The van der Waals surface area contributed by atoms with Gasteiger partial charge in [0, 0.05) is 19.8 Å². The molecule has 2 nitrogen and oxygen atoms in total. The fraction of sp³-hybridized carbons (Fsp3) is 1.00. The highest BCUT2D eigenvalue weighted by atomic mass is 16.5. The second-order valence-electron chi connectivity index (χ2n) is 6.34. The van der Waals surface area contributed by atoms with Gasteiger partial charge in [0.15, 0.2) is 0 Å². The standard InChI is InChI=1S/2C8H16O.C2H6/c1-7(2)8-3-5-9-6-4-8;1-7(2)8-5-3-4-6-9-8;1-2/h2*7-8H,3-6H2,1-2H3;1-2H3. The Hall–Kier alpha value is -0.0800. The monoisotopic (exact) mass is 286 g/mol. The molecule has 2 aliphatic heterocycles. The van der Waals surface area contributed by atoms with Gasteiger partial charge in [-0.05, 0) is 49.9 Å². The molecule has 0 amide bonds.